The second-order valence-corrected chi connectivity index (χ2v) is 11.3. The molecule has 0 aromatic heterocycles. The Labute approximate surface area is 232 Å². The summed E-state index contributed by atoms with van der Waals surface area (Å²) in [5.74, 6) is -3.10. The summed E-state index contributed by atoms with van der Waals surface area (Å²) < 4.78 is 7.51. The number of hydrogen-bond acceptors (Lipinski definition) is 5. The maximum atomic E-state index is 14.6. The van der Waals surface area contributed by atoms with Gasteiger partial charge in [-0.05, 0) is 30.2 Å². The van der Waals surface area contributed by atoms with Crippen LogP contribution in [0.5, 0.6) is 0 Å². The monoisotopic (exact) mass is 576 g/mol. The lowest BCUT2D eigenvalue weighted by molar-refractivity contribution is -0.0210. The van der Waals surface area contributed by atoms with E-state index in [4.69, 9.17) is 4.74 Å². The van der Waals surface area contributed by atoms with Crippen LogP contribution in [0.15, 0.2) is 102 Å². The molecule has 1 saturated heterocycles. The minimum Gasteiger partial charge on any atom is -0.348 e. The Balaban J connectivity index is 1.60. The molecule has 2 atom stereocenters. The van der Waals surface area contributed by atoms with Crippen molar-refractivity contribution >= 4 is 39.1 Å². The second-order valence-electron chi connectivity index (χ2n) is 10.4. The Kier molecular flexibility index (Phi) is 5.09. The number of ketones is 4. The van der Waals surface area contributed by atoms with E-state index in [9.17, 15) is 19.2 Å². The van der Waals surface area contributed by atoms with Crippen molar-refractivity contribution in [2.24, 2.45) is 5.41 Å². The number of halogens is 1. The quantitative estimate of drug-likeness (QED) is 0.255. The van der Waals surface area contributed by atoms with E-state index >= 15 is 0 Å². The van der Waals surface area contributed by atoms with Crippen molar-refractivity contribution in [3.05, 3.63) is 140 Å². The highest BCUT2D eigenvalue weighted by atomic mass is 79.9. The first-order valence-electron chi connectivity index (χ1n) is 12.7. The van der Waals surface area contributed by atoms with Gasteiger partial charge in [-0.1, -0.05) is 106 Å². The lowest BCUT2D eigenvalue weighted by atomic mass is 9.59. The van der Waals surface area contributed by atoms with Crippen LogP contribution in [-0.4, -0.2) is 28.7 Å². The molecule has 3 aliphatic rings. The molecule has 5 nitrogen and oxygen atoms in total. The molecule has 4 aromatic carbocycles. The zero-order chi connectivity index (χ0) is 27.1. The first-order chi connectivity index (χ1) is 18.8. The van der Waals surface area contributed by atoms with Gasteiger partial charge in [-0.3, -0.25) is 19.2 Å². The summed E-state index contributed by atoms with van der Waals surface area (Å²) in [7, 11) is 0. The van der Waals surface area contributed by atoms with Crippen molar-refractivity contribution in [3.8, 4) is 0 Å². The Morgan fingerprint density at radius 3 is 1.64 bits per heavy atom. The minimum absolute atomic E-state index is 0.238. The number of fused-ring (bicyclic) bond motifs is 2. The van der Waals surface area contributed by atoms with Crippen LogP contribution in [0.3, 0.4) is 0 Å². The molecule has 4 aromatic rings. The van der Waals surface area contributed by atoms with E-state index in [1.54, 1.807) is 78.9 Å². The number of carbonyl (C=O) groups is 4. The van der Waals surface area contributed by atoms with Gasteiger partial charge >= 0.3 is 0 Å². The third-order valence-electron chi connectivity index (χ3n) is 8.39. The zero-order valence-corrected chi connectivity index (χ0v) is 22.4. The third kappa shape index (κ3) is 2.93. The molecule has 7 rings (SSSR count). The van der Waals surface area contributed by atoms with Gasteiger partial charge in [0, 0.05) is 26.7 Å². The molecular formula is C33H21BrO5. The Morgan fingerprint density at radius 1 is 0.615 bits per heavy atom. The molecule has 2 aliphatic carbocycles. The smallest absolute Gasteiger partial charge is 0.204 e. The number of rotatable bonds is 2. The minimum atomic E-state index is -2.08. The van der Waals surface area contributed by atoms with Gasteiger partial charge in [0.15, 0.2) is 11.6 Å². The van der Waals surface area contributed by atoms with Crippen molar-refractivity contribution in [1.29, 1.82) is 0 Å². The van der Waals surface area contributed by atoms with Crippen molar-refractivity contribution in [1.82, 2.24) is 0 Å². The van der Waals surface area contributed by atoms with E-state index < -0.39 is 46.2 Å². The molecule has 0 saturated carbocycles. The van der Waals surface area contributed by atoms with Gasteiger partial charge in [0.05, 0.1) is 5.92 Å². The van der Waals surface area contributed by atoms with E-state index in [0.29, 0.717) is 11.1 Å². The molecule has 190 valence electrons. The fourth-order valence-electron chi connectivity index (χ4n) is 6.81. The van der Waals surface area contributed by atoms with Crippen LogP contribution >= 0.6 is 15.9 Å². The second kappa shape index (κ2) is 8.25. The molecule has 0 N–H and O–H groups in total. The summed E-state index contributed by atoms with van der Waals surface area (Å²) in [5, 5.41) is 0. The van der Waals surface area contributed by atoms with Gasteiger partial charge < -0.3 is 4.74 Å². The van der Waals surface area contributed by atoms with Crippen LogP contribution in [-0.2, 0) is 4.74 Å². The summed E-state index contributed by atoms with van der Waals surface area (Å²) in [5.41, 5.74) is -0.963. The Morgan fingerprint density at radius 2 is 1.13 bits per heavy atom. The molecule has 0 unspecified atom stereocenters. The highest BCUT2D eigenvalue weighted by Gasteiger charge is 2.79. The first-order valence-corrected chi connectivity index (χ1v) is 13.5. The molecule has 0 radical (unpaired) electrons. The molecule has 1 fully saturated rings. The number of ether oxygens (including phenoxy) is 1. The number of Topliss-reactive ketones (excluding diaryl/α,β-unsaturated/α-hetero) is 4. The molecule has 0 amide bonds. The van der Waals surface area contributed by atoms with Crippen molar-refractivity contribution in [3.63, 3.8) is 0 Å². The fourth-order valence-corrected chi connectivity index (χ4v) is 7.08. The Hall–Kier alpha value is -4.00. The third-order valence-corrected chi connectivity index (χ3v) is 8.91. The van der Waals surface area contributed by atoms with Crippen LogP contribution in [0, 0.1) is 12.3 Å². The van der Waals surface area contributed by atoms with Crippen LogP contribution in [0.4, 0.5) is 0 Å². The predicted molar refractivity (Wildman–Crippen MR) is 147 cm³/mol. The highest BCUT2D eigenvalue weighted by Crippen LogP contribution is 2.67. The highest BCUT2D eigenvalue weighted by molar-refractivity contribution is 9.10. The van der Waals surface area contributed by atoms with Crippen molar-refractivity contribution in [2.45, 2.75) is 24.5 Å². The van der Waals surface area contributed by atoms with E-state index in [-0.39, 0.29) is 22.3 Å². The molecule has 1 heterocycles. The SMILES string of the molecule is Cc1cccc([C@H]2C3(O[C@H](c4ccc(Br)cc4)C24C(=O)c2ccccc2C4=O)C(=O)c2ccccc2C3=O)c1. The van der Waals surface area contributed by atoms with Crippen molar-refractivity contribution < 1.29 is 23.9 Å². The number of hydrogen-bond donors (Lipinski definition) is 0. The van der Waals surface area contributed by atoms with Crippen LogP contribution in [0.25, 0.3) is 0 Å². The number of benzene rings is 4. The molecular weight excluding hydrogens is 556 g/mol. The van der Waals surface area contributed by atoms with Gasteiger partial charge in [-0.2, -0.15) is 0 Å². The normalized spacial score (nSPS) is 22.1. The van der Waals surface area contributed by atoms with Gasteiger partial charge in [-0.25, -0.2) is 0 Å². The van der Waals surface area contributed by atoms with E-state index in [0.717, 1.165) is 10.0 Å². The molecule has 6 heteroatoms. The maximum absolute atomic E-state index is 14.6. The summed E-state index contributed by atoms with van der Waals surface area (Å²) >= 11 is 3.45. The zero-order valence-electron chi connectivity index (χ0n) is 20.8. The van der Waals surface area contributed by atoms with Crippen LogP contribution in [0.1, 0.15) is 70.1 Å². The van der Waals surface area contributed by atoms with Gasteiger partial charge in [0.2, 0.25) is 17.2 Å². The summed E-state index contributed by atoms with van der Waals surface area (Å²) in [6.07, 6.45) is -1.18. The van der Waals surface area contributed by atoms with Crippen LogP contribution in [0.2, 0.25) is 0 Å². The predicted octanol–water partition coefficient (Wildman–Crippen LogP) is 6.50. The first kappa shape index (κ1) is 24.1. The summed E-state index contributed by atoms with van der Waals surface area (Å²) in [6.45, 7) is 1.89. The lowest BCUT2D eigenvalue weighted by Gasteiger charge is -2.34. The van der Waals surface area contributed by atoms with Gasteiger partial charge in [-0.15, -0.1) is 0 Å². The average Bonchev–Trinajstić information content (AvgIpc) is 3.47. The van der Waals surface area contributed by atoms with Gasteiger partial charge in [0.1, 0.15) is 11.5 Å². The fraction of sp³-hybridized carbons (Fsp3) is 0.152. The molecule has 1 aliphatic heterocycles. The van der Waals surface area contributed by atoms with E-state index in [1.807, 2.05) is 25.1 Å². The lowest BCUT2D eigenvalue weighted by Crippen LogP contribution is -2.51. The summed E-state index contributed by atoms with van der Waals surface area (Å²) in [6, 6.07) is 27.8. The number of carbonyl (C=O) groups excluding carboxylic acids is 4. The van der Waals surface area contributed by atoms with E-state index in [1.165, 1.54) is 0 Å². The molecule has 39 heavy (non-hydrogen) atoms. The van der Waals surface area contributed by atoms with E-state index in [2.05, 4.69) is 15.9 Å². The number of aryl methyl sites for hydroxylation is 1. The standard InChI is InChI=1S/C33H21BrO5/c1-18-7-6-8-20(17-18)26-32(27(35)22-9-2-3-10-23(22)28(32)36)31(19-13-15-21(34)16-14-19)39-33(26)29(37)24-11-4-5-12-25(24)30(33)38/h2-17,26,31H,1H3/t26-,31-/m1/s1. The molecule has 0 bridgehead atoms. The maximum Gasteiger partial charge on any atom is 0.204 e. The van der Waals surface area contributed by atoms with Crippen LogP contribution < -0.4 is 0 Å². The largest absolute Gasteiger partial charge is 0.348 e. The topological polar surface area (TPSA) is 77.5 Å². The Bertz CT molecular complexity index is 1680. The van der Waals surface area contributed by atoms with Crippen molar-refractivity contribution in [2.75, 3.05) is 0 Å². The summed E-state index contributed by atoms with van der Waals surface area (Å²) in [4.78, 5) is 58.1. The molecule has 2 spiro atoms. The van der Waals surface area contributed by atoms with Gasteiger partial charge in [0.25, 0.3) is 0 Å². The average molecular weight is 577 g/mol.